The summed E-state index contributed by atoms with van der Waals surface area (Å²) in [6, 6.07) is 0. The number of hydrogen-bond donors (Lipinski definition) is 2. The van der Waals surface area contributed by atoms with Crippen molar-refractivity contribution in [3.63, 3.8) is 0 Å². The van der Waals surface area contributed by atoms with Crippen molar-refractivity contribution in [1.29, 1.82) is 0 Å². The van der Waals surface area contributed by atoms with E-state index in [-0.39, 0.29) is 18.4 Å². The van der Waals surface area contributed by atoms with Gasteiger partial charge in [-0.2, -0.15) is 0 Å². The summed E-state index contributed by atoms with van der Waals surface area (Å²) in [7, 11) is 0. The molecule has 0 aliphatic heterocycles. The van der Waals surface area contributed by atoms with Gasteiger partial charge in [0.25, 0.3) is 0 Å². The lowest BCUT2D eigenvalue weighted by Gasteiger charge is -2.37. The van der Waals surface area contributed by atoms with Crippen molar-refractivity contribution in [1.82, 2.24) is 5.32 Å². The van der Waals surface area contributed by atoms with Crippen molar-refractivity contribution in [3.05, 3.63) is 0 Å². The highest BCUT2D eigenvalue weighted by atomic mass is 16.5. The molecule has 0 saturated heterocycles. The maximum atomic E-state index is 12.0. The van der Waals surface area contributed by atoms with Crippen LogP contribution in [0.3, 0.4) is 0 Å². The zero-order chi connectivity index (χ0) is 16.0. The Morgan fingerprint density at radius 3 is 2.45 bits per heavy atom. The molecule has 1 atom stereocenters. The minimum atomic E-state index is -0.827. The fourth-order valence-corrected chi connectivity index (χ4v) is 3.79. The molecule has 5 heteroatoms. The molecule has 1 amide bonds. The van der Waals surface area contributed by atoms with Gasteiger partial charge in [-0.3, -0.25) is 9.59 Å². The van der Waals surface area contributed by atoms with Crippen LogP contribution in [0, 0.1) is 11.3 Å². The molecule has 2 fully saturated rings. The molecule has 0 aromatic rings. The molecule has 2 rings (SSSR count). The van der Waals surface area contributed by atoms with Gasteiger partial charge in [0.1, 0.15) is 0 Å². The predicted molar refractivity (Wildman–Crippen MR) is 83.5 cm³/mol. The van der Waals surface area contributed by atoms with Gasteiger partial charge in [-0.25, -0.2) is 0 Å². The fraction of sp³-hybridized carbons (Fsp3) is 0.882. The summed E-state index contributed by atoms with van der Waals surface area (Å²) in [4.78, 5) is 23.3. The van der Waals surface area contributed by atoms with Crippen LogP contribution >= 0.6 is 0 Å². The number of hydrogen-bond acceptors (Lipinski definition) is 3. The Hall–Kier alpha value is -1.10. The first kappa shape index (κ1) is 17.3. The Labute approximate surface area is 132 Å². The molecular weight excluding hydrogens is 282 g/mol. The molecule has 0 aromatic carbocycles. The van der Waals surface area contributed by atoms with Gasteiger partial charge in [-0.15, -0.1) is 0 Å². The first-order valence-electron chi connectivity index (χ1n) is 8.69. The minimum absolute atomic E-state index is 0.116. The zero-order valence-corrected chi connectivity index (χ0v) is 13.6. The largest absolute Gasteiger partial charge is 0.481 e. The topological polar surface area (TPSA) is 75.6 Å². The number of nitrogens with one attached hydrogen (secondary N) is 1. The lowest BCUT2D eigenvalue weighted by atomic mass is 9.66. The van der Waals surface area contributed by atoms with Crippen LogP contribution in [0.15, 0.2) is 0 Å². The third kappa shape index (κ3) is 4.22. The van der Waals surface area contributed by atoms with Crippen molar-refractivity contribution in [2.45, 2.75) is 70.8 Å². The van der Waals surface area contributed by atoms with Gasteiger partial charge in [0, 0.05) is 19.6 Å². The number of amides is 1. The van der Waals surface area contributed by atoms with Crippen molar-refractivity contribution in [3.8, 4) is 0 Å². The van der Waals surface area contributed by atoms with Crippen LogP contribution in [0.5, 0.6) is 0 Å². The molecular formula is C17H29NO4. The summed E-state index contributed by atoms with van der Waals surface area (Å²) in [6.07, 6.45) is 8.33. The third-order valence-corrected chi connectivity index (χ3v) is 5.32. The van der Waals surface area contributed by atoms with Crippen molar-refractivity contribution in [2.75, 3.05) is 13.2 Å². The molecule has 0 heterocycles. The van der Waals surface area contributed by atoms with Gasteiger partial charge < -0.3 is 15.2 Å². The third-order valence-electron chi connectivity index (χ3n) is 5.32. The van der Waals surface area contributed by atoms with Gasteiger partial charge in [0.2, 0.25) is 5.91 Å². The van der Waals surface area contributed by atoms with Crippen LogP contribution in [0.4, 0.5) is 0 Å². The van der Waals surface area contributed by atoms with Crippen molar-refractivity contribution < 1.29 is 19.4 Å². The Bertz CT molecular complexity index is 386. The summed E-state index contributed by atoms with van der Waals surface area (Å²) in [5.41, 5.74) is -0.797. The number of aliphatic carboxylic acids is 1. The fourth-order valence-electron chi connectivity index (χ4n) is 3.79. The van der Waals surface area contributed by atoms with Crippen LogP contribution < -0.4 is 5.32 Å². The molecule has 2 N–H and O–H groups in total. The van der Waals surface area contributed by atoms with Gasteiger partial charge in [0.15, 0.2) is 0 Å². The second-order valence-electron chi connectivity index (χ2n) is 6.79. The monoisotopic (exact) mass is 311 g/mol. The van der Waals surface area contributed by atoms with E-state index in [0.717, 1.165) is 12.8 Å². The number of carboxylic acids is 1. The molecule has 1 unspecified atom stereocenters. The van der Waals surface area contributed by atoms with Gasteiger partial charge >= 0.3 is 5.97 Å². The standard InChI is InChI=1S/C17H29NO4/c1-2-22-14(13-6-3-4-7-13)8-11-18-15(19)12-17(16(20)21)9-5-10-17/h13-14H,2-12H2,1H3,(H,18,19)(H,20,21). The highest BCUT2D eigenvalue weighted by Gasteiger charge is 2.45. The number of carbonyl (C=O) groups is 2. The first-order valence-corrected chi connectivity index (χ1v) is 8.69. The van der Waals surface area contributed by atoms with Crippen LogP contribution in [0.1, 0.15) is 64.7 Å². The molecule has 0 aromatic heterocycles. The molecule has 2 aliphatic rings. The zero-order valence-electron chi connectivity index (χ0n) is 13.6. The molecule has 22 heavy (non-hydrogen) atoms. The van der Waals surface area contributed by atoms with E-state index in [4.69, 9.17) is 4.74 Å². The summed E-state index contributed by atoms with van der Waals surface area (Å²) in [6.45, 7) is 3.29. The minimum Gasteiger partial charge on any atom is -0.481 e. The van der Waals surface area contributed by atoms with Gasteiger partial charge in [-0.1, -0.05) is 19.3 Å². The van der Waals surface area contributed by atoms with Crippen LogP contribution in [0.25, 0.3) is 0 Å². The number of carbonyl (C=O) groups excluding carboxylic acids is 1. The van der Waals surface area contributed by atoms with Gasteiger partial charge in [-0.05, 0) is 44.9 Å². The maximum absolute atomic E-state index is 12.0. The lowest BCUT2D eigenvalue weighted by Crippen LogP contribution is -2.43. The molecule has 5 nitrogen and oxygen atoms in total. The highest BCUT2D eigenvalue weighted by Crippen LogP contribution is 2.44. The van der Waals surface area contributed by atoms with E-state index < -0.39 is 11.4 Å². The number of carboxylic acid groups (broad SMARTS) is 1. The molecule has 0 bridgehead atoms. The van der Waals surface area contributed by atoms with E-state index in [1.54, 1.807) is 0 Å². The lowest BCUT2D eigenvalue weighted by molar-refractivity contribution is -0.157. The van der Waals surface area contributed by atoms with Crippen LogP contribution in [0.2, 0.25) is 0 Å². The highest BCUT2D eigenvalue weighted by molar-refractivity contribution is 5.85. The Morgan fingerprint density at radius 2 is 1.95 bits per heavy atom. The van der Waals surface area contributed by atoms with E-state index in [0.29, 0.717) is 31.9 Å². The van der Waals surface area contributed by atoms with Crippen molar-refractivity contribution >= 4 is 11.9 Å². The molecule has 2 aliphatic carbocycles. The van der Waals surface area contributed by atoms with E-state index >= 15 is 0 Å². The molecule has 0 spiro atoms. The second-order valence-corrected chi connectivity index (χ2v) is 6.79. The van der Waals surface area contributed by atoms with Crippen LogP contribution in [-0.4, -0.2) is 36.2 Å². The van der Waals surface area contributed by atoms with E-state index in [1.165, 1.54) is 25.7 Å². The van der Waals surface area contributed by atoms with Crippen LogP contribution in [-0.2, 0) is 14.3 Å². The smallest absolute Gasteiger partial charge is 0.310 e. The number of ether oxygens (including phenoxy) is 1. The molecule has 2 saturated carbocycles. The first-order chi connectivity index (χ1) is 10.6. The predicted octanol–water partition coefficient (Wildman–Crippen LogP) is 2.73. The summed E-state index contributed by atoms with van der Waals surface area (Å²) < 4.78 is 5.83. The summed E-state index contributed by atoms with van der Waals surface area (Å²) >= 11 is 0. The molecule has 126 valence electrons. The quantitative estimate of drug-likeness (QED) is 0.686. The Morgan fingerprint density at radius 1 is 1.27 bits per heavy atom. The van der Waals surface area contributed by atoms with E-state index in [1.807, 2.05) is 6.92 Å². The Kier molecular flexibility index (Phi) is 6.24. The normalized spacial score (nSPS) is 22.0. The van der Waals surface area contributed by atoms with E-state index in [9.17, 15) is 14.7 Å². The Balaban J connectivity index is 1.72. The van der Waals surface area contributed by atoms with E-state index in [2.05, 4.69) is 5.32 Å². The second kappa shape index (κ2) is 7.95. The maximum Gasteiger partial charge on any atom is 0.310 e. The molecule has 0 radical (unpaired) electrons. The number of rotatable bonds is 9. The van der Waals surface area contributed by atoms with Gasteiger partial charge in [0.05, 0.1) is 11.5 Å². The summed E-state index contributed by atoms with van der Waals surface area (Å²) in [5.74, 6) is -0.343. The average Bonchev–Trinajstić information content (AvgIpc) is 2.95. The SMILES string of the molecule is CCOC(CCNC(=O)CC1(C(=O)O)CCC1)C1CCCC1. The van der Waals surface area contributed by atoms with Crippen molar-refractivity contribution in [2.24, 2.45) is 11.3 Å². The summed E-state index contributed by atoms with van der Waals surface area (Å²) in [5, 5.41) is 12.2. The average molecular weight is 311 g/mol.